The first-order valence-electron chi connectivity index (χ1n) is 13.6. The molecule has 0 bridgehead atoms. The molecule has 41 heavy (non-hydrogen) atoms. The van der Waals surface area contributed by atoms with Crippen molar-refractivity contribution < 1.29 is 28.5 Å². The number of ether oxygens (including phenoxy) is 4. The van der Waals surface area contributed by atoms with Crippen molar-refractivity contribution in [3.63, 3.8) is 0 Å². The molecule has 12 heteroatoms. The number of carbonyl (C=O) groups excluding carboxylic acids is 2. The Bertz CT molecular complexity index is 1440. The van der Waals surface area contributed by atoms with Crippen LogP contribution in [0.4, 0.5) is 0 Å². The molecule has 0 spiro atoms. The van der Waals surface area contributed by atoms with Crippen LogP contribution >= 0.6 is 11.8 Å². The number of aromatic nitrogens is 2. The Morgan fingerprint density at radius 2 is 1.76 bits per heavy atom. The van der Waals surface area contributed by atoms with Crippen molar-refractivity contribution in [2.24, 2.45) is 0 Å². The van der Waals surface area contributed by atoms with Crippen LogP contribution in [0.3, 0.4) is 0 Å². The van der Waals surface area contributed by atoms with Gasteiger partial charge in [0, 0.05) is 32.1 Å². The van der Waals surface area contributed by atoms with Gasteiger partial charge >= 0.3 is 0 Å². The first-order chi connectivity index (χ1) is 19.9. The lowest BCUT2D eigenvalue weighted by molar-refractivity contribution is -0.121. The second-order valence-corrected chi connectivity index (χ2v) is 10.4. The van der Waals surface area contributed by atoms with E-state index in [1.54, 1.807) is 26.4 Å². The number of unbranched alkanes of at least 4 members (excludes halogenated alkanes) is 1. The van der Waals surface area contributed by atoms with Gasteiger partial charge in [-0.25, -0.2) is 4.98 Å². The highest BCUT2D eigenvalue weighted by molar-refractivity contribution is 7.99. The van der Waals surface area contributed by atoms with Crippen LogP contribution in [0.25, 0.3) is 10.9 Å². The van der Waals surface area contributed by atoms with E-state index in [9.17, 15) is 14.4 Å². The lowest BCUT2D eigenvalue weighted by Crippen LogP contribution is -2.28. The van der Waals surface area contributed by atoms with Crippen LogP contribution in [0, 0.1) is 0 Å². The Kier molecular flexibility index (Phi) is 10.7. The molecule has 2 N–H and O–H groups in total. The molecule has 1 aliphatic heterocycles. The first-order valence-corrected chi connectivity index (χ1v) is 14.6. The summed E-state index contributed by atoms with van der Waals surface area (Å²) in [5.41, 5.74) is 1.23. The van der Waals surface area contributed by atoms with Crippen molar-refractivity contribution in [3.8, 4) is 23.0 Å². The molecule has 0 fully saturated rings. The molecule has 2 heterocycles. The maximum absolute atomic E-state index is 13.5. The lowest BCUT2D eigenvalue weighted by Gasteiger charge is -2.14. The van der Waals surface area contributed by atoms with Gasteiger partial charge in [-0.2, -0.15) is 0 Å². The zero-order valence-corrected chi connectivity index (χ0v) is 24.4. The van der Waals surface area contributed by atoms with E-state index in [2.05, 4.69) is 22.5 Å². The topological polar surface area (TPSA) is 130 Å². The van der Waals surface area contributed by atoms with Gasteiger partial charge in [0.05, 0.1) is 30.9 Å². The van der Waals surface area contributed by atoms with Gasteiger partial charge in [-0.15, -0.1) is 0 Å². The van der Waals surface area contributed by atoms with E-state index in [4.69, 9.17) is 18.9 Å². The van der Waals surface area contributed by atoms with E-state index >= 15 is 0 Å². The van der Waals surface area contributed by atoms with Crippen LogP contribution < -0.4 is 35.1 Å². The van der Waals surface area contributed by atoms with Gasteiger partial charge in [-0.05, 0) is 43.0 Å². The second kappa shape index (κ2) is 14.6. The largest absolute Gasteiger partial charge is 0.493 e. The van der Waals surface area contributed by atoms with Crippen molar-refractivity contribution >= 4 is 34.5 Å². The first kappa shape index (κ1) is 30.0. The molecule has 0 aliphatic carbocycles. The molecule has 2 aromatic carbocycles. The predicted molar refractivity (Wildman–Crippen MR) is 156 cm³/mol. The zero-order valence-electron chi connectivity index (χ0n) is 23.6. The van der Waals surface area contributed by atoms with Crippen molar-refractivity contribution in [2.75, 3.05) is 39.9 Å². The molecule has 0 unspecified atom stereocenters. The SMILES string of the molecule is CCCCNC(=O)CSc1nc2cc3c(cc2c(=O)n1CCCC(=O)NCCc1ccc(OC)c(OC)c1)OCO3. The van der Waals surface area contributed by atoms with E-state index in [0.29, 0.717) is 65.0 Å². The lowest BCUT2D eigenvalue weighted by atomic mass is 10.1. The highest BCUT2D eigenvalue weighted by Gasteiger charge is 2.20. The molecule has 0 saturated heterocycles. The third-order valence-electron chi connectivity index (χ3n) is 6.57. The fourth-order valence-electron chi connectivity index (χ4n) is 4.35. The van der Waals surface area contributed by atoms with Crippen LogP contribution in [-0.2, 0) is 22.6 Å². The van der Waals surface area contributed by atoms with E-state index in [1.165, 1.54) is 16.3 Å². The van der Waals surface area contributed by atoms with Gasteiger partial charge in [-0.1, -0.05) is 31.2 Å². The van der Waals surface area contributed by atoms with Gasteiger partial charge in [0.15, 0.2) is 28.2 Å². The Morgan fingerprint density at radius 1 is 1.00 bits per heavy atom. The van der Waals surface area contributed by atoms with Crippen molar-refractivity contribution in [1.82, 2.24) is 20.2 Å². The summed E-state index contributed by atoms with van der Waals surface area (Å²) < 4.78 is 23.0. The number of fused-ring (bicyclic) bond motifs is 2. The maximum atomic E-state index is 13.5. The average Bonchev–Trinajstić information content (AvgIpc) is 3.44. The minimum Gasteiger partial charge on any atom is -0.493 e. The number of amides is 2. The predicted octanol–water partition coefficient (Wildman–Crippen LogP) is 3.29. The molecular formula is C29H36N4O7S. The number of nitrogens with zero attached hydrogens (tertiary/aromatic N) is 2. The molecular weight excluding hydrogens is 548 g/mol. The Morgan fingerprint density at radius 3 is 2.51 bits per heavy atom. The van der Waals surface area contributed by atoms with Gasteiger partial charge < -0.3 is 29.6 Å². The molecule has 2 amide bonds. The van der Waals surface area contributed by atoms with Gasteiger partial charge in [0.2, 0.25) is 18.6 Å². The third kappa shape index (κ3) is 7.84. The van der Waals surface area contributed by atoms with Crippen LogP contribution in [0.15, 0.2) is 40.3 Å². The second-order valence-electron chi connectivity index (χ2n) is 9.46. The van der Waals surface area contributed by atoms with Crippen LogP contribution in [0.2, 0.25) is 0 Å². The third-order valence-corrected chi connectivity index (χ3v) is 7.54. The maximum Gasteiger partial charge on any atom is 0.262 e. The molecule has 1 aliphatic rings. The fraction of sp³-hybridized carbons (Fsp3) is 0.448. The normalized spacial score (nSPS) is 11.9. The minimum atomic E-state index is -0.254. The highest BCUT2D eigenvalue weighted by Crippen LogP contribution is 2.35. The fourth-order valence-corrected chi connectivity index (χ4v) is 5.21. The summed E-state index contributed by atoms with van der Waals surface area (Å²) >= 11 is 1.20. The number of rotatable bonds is 15. The zero-order chi connectivity index (χ0) is 29.2. The smallest absolute Gasteiger partial charge is 0.262 e. The van der Waals surface area contributed by atoms with Gasteiger partial charge in [0.1, 0.15) is 0 Å². The number of thioether (sulfide) groups is 1. The average molecular weight is 585 g/mol. The number of hydrogen-bond donors (Lipinski definition) is 2. The summed E-state index contributed by atoms with van der Waals surface area (Å²) in [6.45, 7) is 3.49. The molecule has 0 saturated carbocycles. The monoisotopic (exact) mass is 584 g/mol. The summed E-state index contributed by atoms with van der Waals surface area (Å²) in [7, 11) is 3.17. The van der Waals surface area contributed by atoms with E-state index in [-0.39, 0.29) is 42.9 Å². The van der Waals surface area contributed by atoms with Gasteiger partial charge in [-0.3, -0.25) is 19.0 Å². The van der Waals surface area contributed by atoms with Crippen molar-refractivity contribution in [2.45, 2.75) is 50.7 Å². The van der Waals surface area contributed by atoms with Crippen LogP contribution in [0.1, 0.15) is 38.2 Å². The minimum absolute atomic E-state index is 0.0838. The molecule has 11 nitrogen and oxygen atoms in total. The number of benzene rings is 2. The van der Waals surface area contributed by atoms with Crippen molar-refractivity contribution in [3.05, 3.63) is 46.2 Å². The van der Waals surface area contributed by atoms with Crippen LogP contribution in [-0.4, -0.2) is 61.2 Å². The Balaban J connectivity index is 1.39. The Labute approximate surface area is 242 Å². The molecule has 0 atom stereocenters. The van der Waals surface area contributed by atoms with Crippen molar-refractivity contribution in [1.29, 1.82) is 0 Å². The van der Waals surface area contributed by atoms with Crippen LogP contribution in [0.5, 0.6) is 23.0 Å². The van der Waals surface area contributed by atoms with E-state index in [0.717, 1.165) is 18.4 Å². The standard InChI is InChI=1S/C29H36N4O7S/c1-4-5-11-30-27(35)17-41-29-32-21-16-25-24(39-18-40-25)15-20(21)28(36)33(29)13-6-7-26(34)31-12-10-19-8-9-22(37-2)23(14-19)38-3/h8-9,14-16H,4-7,10-13,17-18H2,1-3H3,(H,30,35)(H,31,34). The summed E-state index contributed by atoms with van der Waals surface area (Å²) in [6.07, 6.45) is 3.19. The molecule has 4 rings (SSSR count). The molecule has 0 radical (unpaired) electrons. The number of hydrogen-bond acceptors (Lipinski definition) is 9. The number of carbonyl (C=O) groups is 2. The summed E-state index contributed by atoms with van der Waals surface area (Å²) in [5.74, 6) is 2.21. The summed E-state index contributed by atoms with van der Waals surface area (Å²) in [6, 6.07) is 8.97. The number of nitrogens with one attached hydrogen (secondary N) is 2. The molecule has 220 valence electrons. The van der Waals surface area contributed by atoms with Gasteiger partial charge in [0.25, 0.3) is 5.56 Å². The summed E-state index contributed by atoms with van der Waals surface area (Å²) in [5, 5.41) is 6.63. The molecule has 1 aromatic heterocycles. The quantitative estimate of drug-likeness (QED) is 0.157. The van der Waals surface area contributed by atoms with E-state index in [1.807, 2.05) is 18.2 Å². The number of methoxy groups -OCH3 is 2. The Hall–Kier alpha value is -3.93. The molecule has 3 aromatic rings. The van der Waals surface area contributed by atoms with E-state index < -0.39 is 0 Å². The summed E-state index contributed by atoms with van der Waals surface area (Å²) in [4.78, 5) is 43.1. The highest BCUT2D eigenvalue weighted by atomic mass is 32.2.